The maximum absolute atomic E-state index is 12.7. The lowest BCUT2D eigenvalue weighted by molar-refractivity contribution is -0.560. The predicted octanol–water partition coefficient (Wildman–Crippen LogP) is 3.37. The second-order valence-electron chi connectivity index (χ2n) is 3.76. The smallest absolute Gasteiger partial charge is 0.279 e. The highest BCUT2D eigenvalue weighted by Crippen LogP contribution is 2.48. The maximum atomic E-state index is 12.7. The first kappa shape index (κ1) is 24.9. The lowest BCUT2D eigenvalue weighted by Gasteiger charge is -2.32. The third-order valence-electron chi connectivity index (χ3n) is 1.73. The van der Waals surface area contributed by atoms with Gasteiger partial charge in [-0.05, 0) is 0 Å². The zero-order valence-corrected chi connectivity index (χ0v) is 11.6. The minimum Gasteiger partial charge on any atom is -0.279 e. The van der Waals surface area contributed by atoms with Gasteiger partial charge in [-0.25, -0.2) is 14.2 Å². The van der Waals surface area contributed by atoms with Crippen LogP contribution >= 0.6 is 0 Å². The van der Waals surface area contributed by atoms with Crippen LogP contribution in [0.2, 0.25) is 0 Å². The van der Waals surface area contributed by atoms with Gasteiger partial charge >= 0.3 is 46.4 Å². The van der Waals surface area contributed by atoms with Crippen LogP contribution in [-0.2, 0) is 24.3 Å². The topological polar surface area (TPSA) is 82.1 Å². The Morgan fingerprint density at radius 3 is 1.08 bits per heavy atom. The lowest BCUT2D eigenvalue weighted by atomic mass is 10.5. The van der Waals surface area contributed by atoms with Gasteiger partial charge in [0.25, 0.3) is 0 Å². The normalized spacial score (nSPS) is 16.1. The Labute approximate surface area is 132 Å². The Morgan fingerprint density at radius 2 is 0.808 bits per heavy atom. The molecule has 0 aromatic rings. The second-order valence-corrected chi connectivity index (χ2v) is 5.18. The highest BCUT2D eigenvalue weighted by molar-refractivity contribution is 7.86. The Bertz CT molecular complexity index is 609. The largest absolute Gasteiger partial charge is 0.527 e. The number of alkyl halides is 13. The van der Waals surface area contributed by atoms with Crippen LogP contribution in [0.4, 0.5) is 57.1 Å². The maximum Gasteiger partial charge on any atom is 0.527 e. The van der Waals surface area contributed by atoms with E-state index in [4.69, 9.17) is 4.55 Å². The van der Waals surface area contributed by atoms with Gasteiger partial charge in [0.15, 0.2) is 0 Å². The first-order chi connectivity index (χ1) is 10.9. The predicted molar refractivity (Wildman–Crippen MR) is 45.6 cm³/mol. The molecule has 158 valence electrons. The number of hydrogen-bond donors (Lipinski definition) is 1. The summed E-state index contributed by atoms with van der Waals surface area (Å²) in [6.07, 6.45) is -35.5. The Kier molecular flexibility index (Phi) is 6.21. The minimum atomic E-state index is -7.30. The van der Waals surface area contributed by atoms with E-state index in [9.17, 15) is 65.5 Å². The quantitative estimate of drug-likeness (QED) is 0.453. The van der Waals surface area contributed by atoms with Crippen molar-refractivity contribution >= 4 is 10.1 Å². The highest BCUT2D eigenvalue weighted by atomic mass is 32.2. The van der Waals surface area contributed by atoms with Crippen LogP contribution in [0.25, 0.3) is 0 Å². The molecule has 0 aliphatic carbocycles. The number of halogens is 13. The van der Waals surface area contributed by atoms with Gasteiger partial charge < -0.3 is 0 Å². The molecule has 0 radical (unpaired) electrons. The molecule has 0 rings (SSSR count). The molecule has 0 aliphatic heterocycles. The van der Waals surface area contributed by atoms with Crippen molar-refractivity contribution in [2.45, 2.75) is 36.2 Å². The summed E-state index contributed by atoms with van der Waals surface area (Å²) < 4.78 is 192. The summed E-state index contributed by atoms with van der Waals surface area (Å²) in [6, 6.07) is 0. The molecule has 0 aromatic carbocycles. The minimum absolute atomic E-state index is 1.39. The average molecular weight is 448 g/mol. The van der Waals surface area contributed by atoms with Crippen LogP contribution < -0.4 is 0 Å². The molecule has 0 saturated carbocycles. The molecular weight excluding hydrogens is 447 g/mol. The zero-order valence-electron chi connectivity index (χ0n) is 10.8. The summed E-state index contributed by atoms with van der Waals surface area (Å²) in [5.41, 5.74) is -6.61. The Morgan fingerprint density at radius 1 is 0.538 bits per heavy atom. The van der Waals surface area contributed by atoms with Crippen LogP contribution in [0.1, 0.15) is 0 Å². The molecule has 0 atom stereocenters. The van der Waals surface area contributed by atoms with Gasteiger partial charge in [-0.2, -0.15) is 52.3 Å². The highest BCUT2D eigenvalue weighted by Gasteiger charge is 2.75. The Balaban J connectivity index is 5.68. The van der Waals surface area contributed by atoms with Crippen molar-refractivity contribution in [2.75, 3.05) is 0 Å². The fraction of sp³-hybridized carbons (Fsp3) is 1.00. The molecule has 0 saturated heterocycles. The number of ether oxygens (including phenoxy) is 3. The van der Waals surface area contributed by atoms with Gasteiger partial charge in [-0.3, -0.25) is 4.55 Å². The molecule has 0 amide bonds. The summed E-state index contributed by atoms with van der Waals surface area (Å²) in [6.45, 7) is 0. The molecule has 20 heteroatoms. The molecular formula is C6HF13O6S. The third kappa shape index (κ3) is 5.69. The van der Waals surface area contributed by atoms with E-state index in [1.807, 2.05) is 0 Å². The van der Waals surface area contributed by atoms with Gasteiger partial charge in [-0.1, -0.05) is 0 Å². The van der Waals surface area contributed by atoms with Crippen molar-refractivity contribution in [2.24, 2.45) is 0 Å². The third-order valence-corrected chi connectivity index (χ3v) is 2.41. The molecule has 0 unspecified atom stereocenters. The van der Waals surface area contributed by atoms with Crippen molar-refractivity contribution < 1.29 is 84.3 Å². The Hall–Kier alpha value is -1.12. The molecule has 0 heterocycles. The number of rotatable bonds is 8. The van der Waals surface area contributed by atoms with E-state index in [0.29, 0.717) is 0 Å². The first-order valence-corrected chi connectivity index (χ1v) is 6.34. The fourth-order valence-corrected chi connectivity index (χ4v) is 0.956. The summed E-state index contributed by atoms with van der Waals surface area (Å²) in [4.78, 5) is 0. The molecule has 0 spiro atoms. The van der Waals surface area contributed by atoms with E-state index in [1.54, 1.807) is 4.74 Å². The van der Waals surface area contributed by atoms with Crippen LogP contribution in [0, 0.1) is 0 Å². The monoisotopic (exact) mass is 448 g/mol. The second kappa shape index (κ2) is 6.49. The fourth-order valence-electron chi connectivity index (χ4n) is 0.746. The molecule has 6 nitrogen and oxygen atoms in total. The van der Waals surface area contributed by atoms with Gasteiger partial charge in [0.1, 0.15) is 0 Å². The molecule has 1 N–H and O–H groups in total. The van der Waals surface area contributed by atoms with Crippen molar-refractivity contribution in [3.05, 3.63) is 0 Å². The summed E-state index contributed by atoms with van der Waals surface area (Å²) >= 11 is 0. The lowest BCUT2D eigenvalue weighted by Crippen LogP contribution is -2.57. The van der Waals surface area contributed by atoms with Gasteiger partial charge in [0.05, 0.1) is 0 Å². The molecule has 0 aromatic heterocycles. The van der Waals surface area contributed by atoms with E-state index in [0.717, 1.165) is 0 Å². The molecule has 0 bridgehead atoms. The van der Waals surface area contributed by atoms with Crippen LogP contribution in [-0.4, -0.2) is 49.2 Å². The van der Waals surface area contributed by atoms with Crippen molar-refractivity contribution in [3.8, 4) is 0 Å². The van der Waals surface area contributed by atoms with Crippen LogP contribution in [0.3, 0.4) is 0 Å². The van der Waals surface area contributed by atoms with Gasteiger partial charge in [0.2, 0.25) is 0 Å². The molecule has 26 heavy (non-hydrogen) atoms. The van der Waals surface area contributed by atoms with E-state index in [1.165, 1.54) is 9.47 Å². The molecule has 0 fully saturated rings. The van der Waals surface area contributed by atoms with Gasteiger partial charge in [-0.15, -0.1) is 13.2 Å². The molecule has 0 aliphatic rings. The summed E-state index contributed by atoms with van der Waals surface area (Å²) in [5.74, 6) is 0. The van der Waals surface area contributed by atoms with Crippen molar-refractivity contribution in [3.63, 3.8) is 0 Å². The number of hydrogen-bond acceptors (Lipinski definition) is 5. The van der Waals surface area contributed by atoms with E-state index in [2.05, 4.69) is 0 Å². The first-order valence-electron chi connectivity index (χ1n) is 4.90. The zero-order chi connectivity index (χ0) is 21.6. The van der Waals surface area contributed by atoms with Crippen molar-refractivity contribution in [1.82, 2.24) is 0 Å². The van der Waals surface area contributed by atoms with E-state index < -0.39 is 46.4 Å². The van der Waals surface area contributed by atoms with E-state index in [-0.39, 0.29) is 0 Å². The van der Waals surface area contributed by atoms with Crippen LogP contribution in [0.5, 0.6) is 0 Å². The van der Waals surface area contributed by atoms with Crippen LogP contribution in [0.15, 0.2) is 0 Å². The summed E-state index contributed by atoms with van der Waals surface area (Å²) in [7, 11) is -7.03. The standard InChI is InChI=1S/C6HF13O6S/c7-1(8,3(11,12)24-5(15,16)17)23-2(9,10)4(13,14)25-6(18,19)26(20,21)22/h(H,20,21,22). The average Bonchev–Trinajstić information content (AvgIpc) is 2.19. The SMILES string of the molecule is O=S(=O)(O)C(F)(F)OC(F)(F)C(F)(F)OC(F)(F)C(F)(F)OC(F)(F)F. The summed E-state index contributed by atoms with van der Waals surface area (Å²) in [5, 5.41) is 0. The van der Waals surface area contributed by atoms with E-state index >= 15 is 0 Å². The van der Waals surface area contributed by atoms with Crippen molar-refractivity contribution in [1.29, 1.82) is 0 Å². The van der Waals surface area contributed by atoms with Gasteiger partial charge in [0, 0.05) is 0 Å².